The lowest BCUT2D eigenvalue weighted by molar-refractivity contribution is -0.137. The van der Waals surface area contributed by atoms with Gasteiger partial charge in [-0.1, -0.05) is 6.92 Å². The Bertz CT molecular complexity index is 826. The highest BCUT2D eigenvalue weighted by Crippen LogP contribution is 2.23. The van der Waals surface area contributed by atoms with Crippen LogP contribution in [0.2, 0.25) is 0 Å². The van der Waals surface area contributed by atoms with Crippen molar-refractivity contribution in [3.8, 4) is 5.75 Å². The maximum Gasteiger partial charge on any atom is 0.336 e. The number of amides is 1. The first kappa shape index (κ1) is 18.5. The Balaban J connectivity index is 2.03. The standard InChI is InChI=1S/C18H21NO6/c1-3-12-9-17(22)25-15-10-13(6-7-14(12)15)24-11(2)18(23)19-8-4-5-16(20)21/h6-7,9-11H,3-5,8H2,1-2H3,(H,19,23)(H,20,21). The zero-order valence-corrected chi connectivity index (χ0v) is 14.2. The number of aryl methyl sites for hydroxylation is 1. The second-order valence-corrected chi connectivity index (χ2v) is 5.65. The molecule has 0 spiro atoms. The third kappa shape index (κ3) is 5.07. The van der Waals surface area contributed by atoms with Crippen LogP contribution in [-0.4, -0.2) is 29.6 Å². The molecule has 1 amide bonds. The first-order chi connectivity index (χ1) is 11.9. The van der Waals surface area contributed by atoms with Gasteiger partial charge in [0.2, 0.25) is 0 Å². The lowest BCUT2D eigenvalue weighted by Crippen LogP contribution is -2.36. The van der Waals surface area contributed by atoms with Gasteiger partial charge in [0.05, 0.1) is 0 Å². The minimum atomic E-state index is -0.900. The minimum Gasteiger partial charge on any atom is -0.481 e. The molecule has 2 N–H and O–H groups in total. The third-order valence-corrected chi connectivity index (χ3v) is 3.73. The van der Waals surface area contributed by atoms with E-state index < -0.39 is 17.7 Å². The fourth-order valence-electron chi connectivity index (χ4n) is 2.43. The van der Waals surface area contributed by atoms with Gasteiger partial charge in [-0.25, -0.2) is 4.79 Å². The van der Waals surface area contributed by atoms with Crippen molar-refractivity contribution in [2.45, 2.75) is 39.2 Å². The summed E-state index contributed by atoms with van der Waals surface area (Å²) < 4.78 is 10.8. The molecule has 0 aliphatic rings. The fraction of sp³-hybridized carbons (Fsp3) is 0.389. The van der Waals surface area contributed by atoms with Crippen molar-refractivity contribution < 1.29 is 23.8 Å². The Morgan fingerprint density at radius 3 is 2.76 bits per heavy atom. The van der Waals surface area contributed by atoms with Gasteiger partial charge in [0.1, 0.15) is 11.3 Å². The van der Waals surface area contributed by atoms with Crippen molar-refractivity contribution in [3.63, 3.8) is 0 Å². The van der Waals surface area contributed by atoms with Gasteiger partial charge in [-0.3, -0.25) is 9.59 Å². The largest absolute Gasteiger partial charge is 0.481 e. The van der Waals surface area contributed by atoms with E-state index in [4.69, 9.17) is 14.3 Å². The average Bonchev–Trinajstić information content (AvgIpc) is 2.57. The summed E-state index contributed by atoms with van der Waals surface area (Å²) in [5.41, 5.74) is 0.878. The fourth-order valence-corrected chi connectivity index (χ4v) is 2.43. The van der Waals surface area contributed by atoms with Crippen molar-refractivity contribution in [3.05, 3.63) is 40.2 Å². The zero-order valence-electron chi connectivity index (χ0n) is 14.2. The molecule has 1 atom stereocenters. The van der Waals surface area contributed by atoms with Crippen LogP contribution < -0.4 is 15.7 Å². The maximum absolute atomic E-state index is 12.0. The van der Waals surface area contributed by atoms with Crippen molar-refractivity contribution >= 4 is 22.8 Å². The Labute approximate surface area is 144 Å². The summed E-state index contributed by atoms with van der Waals surface area (Å²) >= 11 is 0. The number of carbonyl (C=O) groups is 2. The second kappa shape index (κ2) is 8.32. The van der Waals surface area contributed by atoms with E-state index in [9.17, 15) is 14.4 Å². The van der Waals surface area contributed by atoms with Gasteiger partial charge in [-0.05, 0) is 37.5 Å². The molecule has 0 bridgehead atoms. The van der Waals surface area contributed by atoms with Crippen LogP contribution in [0.15, 0.2) is 33.5 Å². The number of ether oxygens (including phenoxy) is 1. The summed E-state index contributed by atoms with van der Waals surface area (Å²) in [7, 11) is 0. The quantitative estimate of drug-likeness (QED) is 0.559. The Kier molecular flexibility index (Phi) is 6.16. The predicted octanol–water partition coefficient (Wildman–Crippen LogP) is 2.10. The SMILES string of the molecule is CCc1cc(=O)oc2cc(OC(C)C(=O)NCCCC(=O)O)ccc12. The van der Waals surface area contributed by atoms with Crippen molar-refractivity contribution in [1.29, 1.82) is 0 Å². The molecule has 1 aromatic carbocycles. The Morgan fingerprint density at radius 2 is 2.08 bits per heavy atom. The molecule has 1 aromatic heterocycles. The Hall–Kier alpha value is -2.83. The van der Waals surface area contributed by atoms with Gasteiger partial charge < -0.3 is 19.6 Å². The maximum atomic E-state index is 12.0. The topological polar surface area (TPSA) is 106 Å². The molecule has 0 saturated heterocycles. The lowest BCUT2D eigenvalue weighted by atomic mass is 10.1. The third-order valence-electron chi connectivity index (χ3n) is 3.73. The Morgan fingerprint density at radius 1 is 1.32 bits per heavy atom. The summed E-state index contributed by atoms with van der Waals surface area (Å²) in [5.74, 6) is -0.825. The van der Waals surface area contributed by atoms with Gasteiger partial charge in [0.25, 0.3) is 5.91 Å². The molecule has 0 radical (unpaired) electrons. The lowest BCUT2D eigenvalue weighted by Gasteiger charge is -2.15. The molecular weight excluding hydrogens is 326 g/mol. The molecule has 0 saturated carbocycles. The van der Waals surface area contributed by atoms with Crippen LogP contribution in [0.1, 0.15) is 32.3 Å². The normalized spacial score (nSPS) is 11.9. The van der Waals surface area contributed by atoms with E-state index in [0.29, 0.717) is 24.2 Å². The number of rotatable bonds is 8. The molecule has 2 aromatic rings. The summed E-state index contributed by atoms with van der Waals surface area (Å²) in [5, 5.41) is 12.0. The summed E-state index contributed by atoms with van der Waals surface area (Å²) in [6.07, 6.45) is 0.300. The highest BCUT2D eigenvalue weighted by molar-refractivity contribution is 5.83. The van der Waals surface area contributed by atoms with Crippen molar-refractivity contribution in [2.24, 2.45) is 0 Å². The van der Waals surface area contributed by atoms with Gasteiger partial charge >= 0.3 is 11.6 Å². The number of nitrogens with one attached hydrogen (secondary N) is 1. The first-order valence-corrected chi connectivity index (χ1v) is 8.13. The molecule has 2 rings (SSSR count). The number of aliphatic carboxylic acids is 1. The van der Waals surface area contributed by atoms with E-state index in [1.807, 2.05) is 6.92 Å². The van der Waals surface area contributed by atoms with Crippen LogP contribution in [0.3, 0.4) is 0 Å². The van der Waals surface area contributed by atoms with Gasteiger partial charge in [-0.2, -0.15) is 0 Å². The van der Waals surface area contributed by atoms with Crippen LogP contribution in [-0.2, 0) is 16.0 Å². The van der Waals surface area contributed by atoms with E-state index in [0.717, 1.165) is 10.9 Å². The zero-order chi connectivity index (χ0) is 18.4. The number of carbonyl (C=O) groups excluding carboxylic acids is 1. The van der Waals surface area contributed by atoms with Crippen LogP contribution in [0.4, 0.5) is 0 Å². The van der Waals surface area contributed by atoms with E-state index in [1.165, 1.54) is 6.07 Å². The minimum absolute atomic E-state index is 0.00100. The predicted molar refractivity (Wildman–Crippen MR) is 91.8 cm³/mol. The molecule has 0 aliphatic carbocycles. The smallest absolute Gasteiger partial charge is 0.336 e. The average molecular weight is 347 g/mol. The van der Waals surface area contributed by atoms with Crippen LogP contribution >= 0.6 is 0 Å². The van der Waals surface area contributed by atoms with E-state index in [-0.39, 0.29) is 18.9 Å². The summed E-state index contributed by atoms with van der Waals surface area (Å²) in [6, 6.07) is 6.57. The van der Waals surface area contributed by atoms with E-state index in [2.05, 4.69) is 5.32 Å². The number of fused-ring (bicyclic) bond motifs is 1. The van der Waals surface area contributed by atoms with Crippen LogP contribution in [0.25, 0.3) is 11.0 Å². The highest BCUT2D eigenvalue weighted by Gasteiger charge is 2.15. The van der Waals surface area contributed by atoms with Gasteiger partial charge in [0.15, 0.2) is 6.10 Å². The number of hydrogen-bond donors (Lipinski definition) is 2. The summed E-state index contributed by atoms with van der Waals surface area (Å²) in [4.78, 5) is 34.0. The van der Waals surface area contributed by atoms with Crippen molar-refractivity contribution in [2.75, 3.05) is 6.54 Å². The molecule has 0 aliphatic heterocycles. The van der Waals surface area contributed by atoms with Crippen LogP contribution in [0, 0.1) is 0 Å². The molecule has 1 unspecified atom stereocenters. The molecule has 0 fully saturated rings. The van der Waals surface area contributed by atoms with Crippen LogP contribution in [0.5, 0.6) is 5.75 Å². The molecule has 25 heavy (non-hydrogen) atoms. The molecule has 7 heteroatoms. The monoisotopic (exact) mass is 347 g/mol. The first-order valence-electron chi connectivity index (χ1n) is 8.13. The van der Waals surface area contributed by atoms with Gasteiger partial charge in [0, 0.05) is 30.5 Å². The number of carboxylic acid groups (broad SMARTS) is 1. The number of hydrogen-bond acceptors (Lipinski definition) is 5. The number of benzene rings is 1. The molecule has 1 heterocycles. The second-order valence-electron chi connectivity index (χ2n) is 5.65. The number of carboxylic acids is 1. The van der Waals surface area contributed by atoms with E-state index in [1.54, 1.807) is 25.1 Å². The highest BCUT2D eigenvalue weighted by atomic mass is 16.5. The van der Waals surface area contributed by atoms with Gasteiger partial charge in [-0.15, -0.1) is 0 Å². The van der Waals surface area contributed by atoms with Crippen molar-refractivity contribution in [1.82, 2.24) is 5.32 Å². The molecular formula is C18H21NO6. The summed E-state index contributed by atoms with van der Waals surface area (Å²) in [6.45, 7) is 3.82. The van der Waals surface area contributed by atoms with E-state index >= 15 is 0 Å². The molecule has 134 valence electrons. The molecule has 7 nitrogen and oxygen atoms in total.